The van der Waals surface area contributed by atoms with Crippen LogP contribution in [0.4, 0.5) is 5.69 Å². The van der Waals surface area contributed by atoms with Crippen molar-refractivity contribution >= 4 is 11.7 Å². The molecule has 8 nitrogen and oxygen atoms in total. The number of hydrogen-bond acceptors (Lipinski definition) is 5. The van der Waals surface area contributed by atoms with E-state index in [0.717, 1.165) is 0 Å². The lowest BCUT2D eigenvalue weighted by Gasteiger charge is -2.09. The summed E-state index contributed by atoms with van der Waals surface area (Å²) >= 11 is 0. The Morgan fingerprint density at radius 2 is 2.10 bits per heavy atom. The van der Waals surface area contributed by atoms with Gasteiger partial charge in [-0.2, -0.15) is 5.10 Å². The van der Waals surface area contributed by atoms with Crippen LogP contribution >= 0.6 is 0 Å². The zero-order chi connectivity index (χ0) is 15.7. The van der Waals surface area contributed by atoms with E-state index in [1.54, 1.807) is 14.0 Å². The lowest BCUT2D eigenvalue weighted by Crippen LogP contribution is -2.03. The second-order valence-corrected chi connectivity index (χ2v) is 4.45. The van der Waals surface area contributed by atoms with Crippen LogP contribution in [0.5, 0.6) is 11.6 Å². The number of benzene rings is 1. The molecule has 110 valence electrons. The zero-order valence-corrected chi connectivity index (χ0v) is 11.7. The minimum atomic E-state index is -1.17. The Labute approximate surface area is 119 Å². The van der Waals surface area contributed by atoms with Crippen LogP contribution in [-0.2, 0) is 7.05 Å². The van der Waals surface area contributed by atoms with Crippen LogP contribution in [0.15, 0.2) is 18.2 Å². The van der Waals surface area contributed by atoms with Gasteiger partial charge in [-0.1, -0.05) is 6.07 Å². The van der Waals surface area contributed by atoms with Crippen LogP contribution in [0.25, 0.3) is 0 Å². The van der Waals surface area contributed by atoms with Crippen molar-refractivity contribution in [3.63, 3.8) is 0 Å². The van der Waals surface area contributed by atoms with Crippen molar-refractivity contribution in [3.05, 3.63) is 45.1 Å². The van der Waals surface area contributed by atoms with Gasteiger partial charge in [0, 0.05) is 13.1 Å². The van der Waals surface area contributed by atoms with E-state index >= 15 is 0 Å². The molecule has 0 saturated carbocycles. The lowest BCUT2D eigenvalue weighted by molar-refractivity contribution is -0.385. The van der Waals surface area contributed by atoms with Crippen molar-refractivity contribution in [1.29, 1.82) is 0 Å². The molecule has 1 aromatic heterocycles. The molecule has 0 unspecified atom stereocenters. The third-order valence-electron chi connectivity index (χ3n) is 3.04. The van der Waals surface area contributed by atoms with Gasteiger partial charge in [-0.15, -0.1) is 0 Å². The Morgan fingerprint density at radius 3 is 2.67 bits per heavy atom. The number of carboxylic acids is 1. The number of aromatic nitrogens is 2. The van der Waals surface area contributed by atoms with E-state index in [0.29, 0.717) is 11.3 Å². The summed E-state index contributed by atoms with van der Waals surface area (Å²) in [5.74, 6) is -0.919. The highest BCUT2D eigenvalue weighted by Crippen LogP contribution is 2.33. The molecule has 0 spiro atoms. The highest BCUT2D eigenvalue weighted by atomic mass is 16.6. The fourth-order valence-electron chi connectivity index (χ4n) is 2.02. The number of aryl methyl sites for hydroxylation is 2. The minimum Gasteiger partial charge on any atom is -0.477 e. The summed E-state index contributed by atoms with van der Waals surface area (Å²) in [6.45, 7) is 3.09. The number of rotatable bonds is 4. The Hall–Kier alpha value is -2.90. The first-order valence-corrected chi connectivity index (χ1v) is 6.01. The molecule has 8 heteroatoms. The fraction of sp³-hybridized carbons (Fsp3) is 0.231. The van der Waals surface area contributed by atoms with E-state index in [9.17, 15) is 20.0 Å². The number of carboxylic acid groups (broad SMARTS) is 1. The second-order valence-electron chi connectivity index (χ2n) is 4.45. The van der Waals surface area contributed by atoms with Gasteiger partial charge in [0.1, 0.15) is 11.3 Å². The molecular weight excluding hydrogens is 278 g/mol. The molecule has 0 bridgehead atoms. The average molecular weight is 291 g/mol. The van der Waals surface area contributed by atoms with E-state index in [1.165, 1.54) is 29.8 Å². The fourth-order valence-corrected chi connectivity index (χ4v) is 2.02. The molecule has 0 aliphatic carbocycles. The number of aromatic carboxylic acids is 1. The zero-order valence-electron chi connectivity index (χ0n) is 11.7. The maximum atomic E-state index is 11.3. The molecule has 0 aliphatic rings. The van der Waals surface area contributed by atoms with E-state index in [1.807, 2.05) is 0 Å². The molecule has 0 saturated heterocycles. The summed E-state index contributed by atoms with van der Waals surface area (Å²) < 4.78 is 6.85. The molecule has 1 aromatic carbocycles. The van der Waals surface area contributed by atoms with Crippen molar-refractivity contribution in [2.24, 2.45) is 7.05 Å². The van der Waals surface area contributed by atoms with Crippen molar-refractivity contribution in [2.45, 2.75) is 13.8 Å². The molecule has 1 N–H and O–H groups in total. The van der Waals surface area contributed by atoms with Gasteiger partial charge >= 0.3 is 5.97 Å². The molecule has 21 heavy (non-hydrogen) atoms. The van der Waals surface area contributed by atoms with Crippen LogP contribution < -0.4 is 4.74 Å². The van der Waals surface area contributed by atoms with Crippen LogP contribution in [0.2, 0.25) is 0 Å². The highest BCUT2D eigenvalue weighted by Gasteiger charge is 2.23. The van der Waals surface area contributed by atoms with Gasteiger partial charge in [-0.25, -0.2) is 9.48 Å². The number of nitrogens with zero attached hydrogens (tertiary/aromatic N) is 3. The van der Waals surface area contributed by atoms with Crippen LogP contribution in [0, 0.1) is 24.0 Å². The molecule has 0 amide bonds. The number of nitro groups is 1. The number of ether oxygens (including phenoxy) is 1. The predicted octanol–water partition coefficient (Wildman–Crippen LogP) is 2.44. The van der Waals surface area contributed by atoms with Crippen molar-refractivity contribution in [3.8, 4) is 11.6 Å². The lowest BCUT2D eigenvalue weighted by atomic mass is 10.2. The summed E-state index contributed by atoms with van der Waals surface area (Å²) in [4.78, 5) is 21.7. The summed E-state index contributed by atoms with van der Waals surface area (Å²) in [7, 11) is 1.54. The molecule has 1 heterocycles. The maximum Gasteiger partial charge on any atom is 0.343 e. The van der Waals surface area contributed by atoms with Crippen molar-refractivity contribution in [1.82, 2.24) is 9.78 Å². The quantitative estimate of drug-likeness (QED) is 0.684. The summed E-state index contributed by atoms with van der Waals surface area (Å²) in [5, 5.41) is 24.1. The van der Waals surface area contributed by atoms with E-state index in [-0.39, 0.29) is 22.9 Å². The van der Waals surface area contributed by atoms with Crippen LogP contribution in [0.1, 0.15) is 21.6 Å². The number of carbonyl (C=O) groups is 1. The largest absolute Gasteiger partial charge is 0.477 e. The Bertz CT molecular complexity index is 736. The standard InChI is InChI=1S/C13H13N3O5/c1-7-9(16(19)20)5-4-6-10(7)21-12-11(13(17)18)8(2)14-15(12)3/h4-6H,1-3H3,(H,17,18). The third-order valence-corrected chi connectivity index (χ3v) is 3.04. The highest BCUT2D eigenvalue weighted by molar-refractivity contribution is 5.91. The van der Waals surface area contributed by atoms with Crippen molar-refractivity contribution < 1.29 is 19.6 Å². The van der Waals surface area contributed by atoms with Gasteiger partial charge in [0.15, 0.2) is 0 Å². The normalized spacial score (nSPS) is 10.4. The number of hydrogen-bond donors (Lipinski definition) is 1. The van der Waals surface area contributed by atoms with E-state index in [2.05, 4.69) is 5.10 Å². The average Bonchev–Trinajstić information content (AvgIpc) is 2.66. The van der Waals surface area contributed by atoms with Crippen LogP contribution in [0.3, 0.4) is 0 Å². The van der Waals surface area contributed by atoms with Gasteiger partial charge < -0.3 is 9.84 Å². The minimum absolute atomic E-state index is 0.0311. The summed E-state index contributed by atoms with van der Waals surface area (Å²) in [6.07, 6.45) is 0. The predicted molar refractivity (Wildman–Crippen MR) is 72.8 cm³/mol. The first kappa shape index (κ1) is 14.5. The Morgan fingerprint density at radius 1 is 1.43 bits per heavy atom. The smallest absolute Gasteiger partial charge is 0.343 e. The van der Waals surface area contributed by atoms with Gasteiger partial charge in [-0.05, 0) is 19.9 Å². The van der Waals surface area contributed by atoms with Crippen molar-refractivity contribution in [2.75, 3.05) is 0 Å². The topological polar surface area (TPSA) is 107 Å². The van der Waals surface area contributed by atoms with Gasteiger partial charge in [0.25, 0.3) is 5.69 Å². The summed E-state index contributed by atoms with van der Waals surface area (Å²) in [6, 6.07) is 4.37. The van der Waals surface area contributed by atoms with E-state index < -0.39 is 10.9 Å². The first-order valence-electron chi connectivity index (χ1n) is 6.01. The Balaban J connectivity index is 2.51. The monoisotopic (exact) mass is 291 g/mol. The molecule has 0 radical (unpaired) electrons. The summed E-state index contributed by atoms with van der Waals surface area (Å²) in [5.41, 5.74) is 0.465. The maximum absolute atomic E-state index is 11.3. The number of nitro benzene ring substituents is 1. The SMILES string of the molecule is Cc1nn(C)c(Oc2cccc([N+](=O)[O-])c2C)c1C(=O)O. The molecular formula is C13H13N3O5. The van der Waals surface area contributed by atoms with Gasteiger partial charge in [0.2, 0.25) is 5.88 Å². The van der Waals surface area contributed by atoms with Gasteiger partial charge in [-0.3, -0.25) is 10.1 Å². The molecule has 0 atom stereocenters. The first-order chi connectivity index (χ1) is 9.82. The molecule has 0 fully saturated rings. The van der Waals surface area contributed by atoms with E-state index in [4.69, 9.17) is 4.74 Å². The second kappa shape index (κ2) is 5.23. The molecule has 0 aliphatic heterocycles. The Kier molecular flexibility index (Phi) is 3.62. The third kappa shape index (κ3) is 2.55. The van der Waals surface area contributed by atoms with Gasteiger partial charge in [0.05, 0.1) is 16.2 Å². The molecule has 2 aromatic rings. The van der Waals surface area contributed by atoms with Crippen LogP contribution in [-0.4, -0.2) is 25.8 Å². The molecule has 2 rings (SSSR count).